The molecule has 1 amide bonds. The fraction of sp³-hybridized carbons (Fsp3) is 0.190. The van der Waals surface area contributed by atoms with E-state index in [4.69, 9.17) is 14.6 Å². The van der Waals surface area contributed by atoms with Crippen molar-refractivity contribution in [3.05, 3.63) is 82.7 Å². The van der Waals surface area contributed by atoms with Gasteiger partial charge in [-0.15, -0.1) is 0 Å². The minimum Gasteiger partial charge on any atom is -0.377 e. The number of carbonyl (C=O) groups is 1. The molecule has 3 rings (SSSR count). The van der Waals surface area contributed by atoms with Crippen molar-refractivity contribution in [2.24, 2.45) is 0 Å². The number of amides is 1. The number of benzene rings is 2. The average molecular weight is 376 g/mol. The van der Waals surface area contributed by atoms with Crippen LogP contribution in [-0.4, -0.2) is 11.1 Å². The number of aryl methyl sites for hydroxylation is 1. The first-order valence-electron chi connectivity index (χ1n) is 8.88. The number of nitrogens with one attached hydrogen (secondary N) is 2. The van der Waals surface area contributed by atoms with Crippen LogP contribution >= 0.6 is 0 Å². The Morgan fingerprint density at radius 2 is 2.00 bits per heavy atom. The first-order chi connectivity index (χ1) is 13.7. The van der Waals surface area contributed by atoms with E-state index in [1.165, 1.54) is 0 Å². The molecule has 0 saturated carbocycles. The molecule has 7 heteroatoms. The summed E-state index contributed by atoms with van der Waals surface area (Å²) < 4.78 is 5.25. The second kappa shape index (κ2) is 9.35. The summed E-state index contributed by atoms with van der Waals surface area (Å²) in [5.41, 5.74) is 5.88. The zero-order chi connectivity index (χ0) is 19.8. The number of rotatable bonds is 8. The summed E-state index contributed by atoms with van der Waals surface area (Å²) >= 11 is 0. The van der Waals surface area contributed by atoms with Crippen LogP contribution in [0.3, 0.4) is 0 Å². The summed E-state index contributed by atoms with van der Waals surface area (Å²) in [6, 6.07) is 18.0. The molecule has 0 bridgehead atoms. The summed E-state index contributed by atoms with van der Waals surface area (Å²) in [4.78, 5) is 17.8. The van der Waals surface area contributed by atoms with Crippen LogP contribution in [0.2, 0.25) is 0 Å². The highest BCUT2D eigenvalue weighted by molar-refractivity contribution is 5.98. The summed E-state index contributed by atoms with van der Waals surface area (Å²) in [7, 11) is 0. The van der Waals surface area contributed by atoms with Gasteiger partial charge in [-0.3, -0.25) is 9.63 Å². The number of para-hydroxylation sites is 1. The number of hydroxylamine groups is 1. The molecule has 3 aromatic rings. The lowest BCUT2D eigenvalue weighted by Crippen LogP contribution is -2.24. The normalized spacial score (nSPS) is 10.3. The third-order valence-electron chi connectivity index (χ3n) is 4.08. The number of aromatic nitrogens is 1. The van der Waals surface area contributed by atoms with Crippen LogP contribution in [-0.2, 0) is 24.4 Å². The average Bonchev–Trinajstić information content (AvgIpc) is 3.21. The third kappa shape index (κ3) is 4.96. The zero-order valence-corrected chi connectivity index (χ0v) is 15.4. The lowest BCUT2D eigenvalue weighted by Gasteiger charge is -2.11. The smallest absolute Gasteiger partial charge is 0.276 e. The molecule has 0 unspecified atom stereocenters. The molecule has 0 atom stereocenters. The van der Waals surface area contributed by atoms with Crippen molar-refractivity contribution in [2.75, 3.05) is 5.32 Å². The molecule has 28 heavy (non-hydrogen) atoms. The van der Waals surface area contributed by atoms with Crippen LogP contribution in [0, 0.1) is 11.3 Å². The van der Waals surface area contributed by atoms with Crippen molar-refractivity contribution >= 4 is 11.6 Å². The fourth-order valence-corrected chi connectivity index (χ4v) is 2.54. The quantitative estimate of drug-likeness (QED) is 0.583. The second-order valence-corrected chi connectivity index (χ2v) is 6.07. The predicted octanol–water partition coefficient (Wildman–Crippen LogP) is 3.58. The largest absolute Gasteiger partial charge is 0.377 e. The van der Waals surface area contributed by atoms with E-state index in [1.54, 1.807) is 36.4 Å². The molecule has 1 aromatic heterocycles. The second-order valence-electron chi connectivity index (χ2n) is 6.07. The van der Waals surface area contributed by atoms with Crippen molar-refractivity contribution in [1.29, 1.82) is 5.26 Å². The van der Waals surface area contributed by atoms with E-state index in [9.17, 15) is 4.79 Å². The molecular formula is C21H20N4O3. The molecule has 142 valence electrons. The molecule has 1 heterocycles. The van der Waals surface area contributed by atoms with E-state index in [-0.39, 0.29) is 12.5 Å². The van der Waals surface area contributed by atoms with Gasteiger partial charge in [0.1, 0.15) is 0 Å². The summed E-state index contributed by atoms with van der Waals surface area (Å²) in [5, 5.41) is 15.9. The third-order valence-corrected chi connectivity index (χ3v) is 4.08. The molecule has 0 aliphatic heterocycles. The molecule has 2 N–H and O–H groups in total. The van der Waals surface area contributed by atoms with Crippen molar-refractivity contribution < 1.29 is 14.2 Å². The molecule has 7 nitrogen and oxygen atoms in total. The first-order valence-corrected chi connectivity index (χ1v) is 8.88. The lowest BCUT2D eigenvalue weighted by atomic mass is 10.1. The number of nitriles is 1. The number of hydrogen-bond acceptors (Lipinski definition) is 6. The molecule has 0 aliphatic rings. The van der Waals surface area contributed by atoms with Crippen LogP contribution in [0.5, 0.6) is 0 Å². The number of anilines is 1. The van der Waals surface area contributed by atoms with Crippen LogP contribution in [0.1, 0.15) is 39.9 Å². The van der Waals surface area contributed by atoms with Gasteiger partial charge in [0.2, 0.25) is 0 Å². The Bertz CT molecular complexity index is 974. The predicted molar refractivity (Wildman–Crippen MR) is 103 cm³/mol. The van der Waals surface area contributed by atoms with E-state index in [1.807, 2.05) is 25.1 Å². The van der Waals surface area contributed by atoms with Gasteiger partial charge in [0.15, 0.2) is 5.76 Å². The molecule has 0 aliphatic carbocycles. The molecule has 0 radical (unpaired) electrons. The summed E-state index contributed by atoms with van der Waals surface area (Å²) in [6.07, 6.45) is 0.805. The highest BCUT2D eigenvalue weighted by Crippen LogP contribution is 2.17. The van der Waals surface area contributed by atoms with Crippen molar-refractivity contribution in [2.45, 2.75) is 26.5 Å². The summed E-state index contributed by atoms with van der Waals surface area (Å²) in [6.45, 7) is 2.63. The highest BCUT2D eigenvalue weighted by Gasteiger charge is 2.12. The van der Waals surface area contributed by atoms with Crippen LogP contribution < -0.4 is 10.8 Å². The molecule has 0 saturated heterocycles. The van der Waals surface area contributed by atoms with Crippen LogP contribution in [0.25, 0.3) is 0 Å². The van der Waals surface area contributed by atoms with Crippen molar-refractivity contribution in [3.8, 4) is 6.07 Å². The van der Waals surface area contributed by atoms with Crippen molar-refractivity contribution in [3.63, 3.8) is 0 Å². The Morgan fingerprint density at radius 3 is 2.71 bits per heavy atom. The molecule has 2 aromatic carbocycles. The SMILES string of the molecule is CCc1cc(CNc2ccccc2C(=O)NOCc2ccc(C#N)cc2)on1. The van der Waals surface area contributed by atoms with Crippen molar-refractivity contribution in [1.82, 2.24) is 10.6 Å². The van der Waals surface area contributed by atoms with Gasteiger partial charge in [0.25, 0.3) is 5.91 Å². The Balaban J connectivity index is 1.56. The Kier molecular flexibility index (Phi) is 6.39. The van der Waals surface area contributed by atoms with E-state index in [0.29, 0.717) is 29.1 Å². The maximum Gasteiger partial charge on any atom is 0.276 e. The fourth-order valence-electron chi connectivity index (χ4n) is 2.54. The molecular weight excluding hydrogens is 356 g/mol. The minimum atomic E-state index is -0.358. The number of carbonyl (C=O) groups excluding carboxylic acids is 1. The van der Waals surface area contributed by atoms with Gasteiger partial charge in [-0.1, -0.05) is 36.3 Å². The van der Waals surface area contributed by atoms with Gasteiger partial charge < -0.3 is 9.84 Å². The zero-order valence-electron chi connectivity index (χ0n) is 15.4. The van der Waals surface area contributed by atoms with Gasteiger partial charge in [0.05, 0.1) is 36.0 Å². The highest BCUT2D eigenvalue weighted by atomic mass is 16.6. The van der Waals surface area contributed by atoms with Crippen LogP contribution in [0.15, 0.2) is 59.1 Å². The van der Waals surface area contributed by atoms with Gasteiger partial charge in [-0.05, 0) is 36.2 Å². The van der Waals surface area contributed by atoms with Gasteiger partial charge in [-0.2, -0.15) is 5.26 Å². The Labute approximate surface area is 162 Å². The topological polar surface area (TPSA) is 100 Å². The minimum absolute atomic E-state index is 0.199. The van der Waals surface area contributed by atoms with Gasteiger partial charge in [0, 0.05) is 11.8 Å². The maximum atomic E-state index is 12.5. The molecule has 0 fully saturated rings. The van der Waals surface area contributed by atoms with E-state index in [0.717, 1.165) is 17.7 Å². The maximum absolute atomic E-state index is 12.5. The van der Waals surface area contributed by atoms with E-state index >= 15 is 0 Å². The standard InChI is InChI=1S/C21H20N4O3/c1-2-17-11-18(28-24-17)13-23-20-6-4-3-5-19(20)21(26)25-27-14-16-9-7-15(12-22)8-10-16/h3-11,23H,2,13-14H2,1H3,(H,25,26). The number of hydrogen-bond donors (Lipinski definition) is 2. The monoisotopic (exact) mass is 376 g/mol. The van der Waals surface area contributed by atoms with E-state index in [2.05, 4.69) is 22.0 Å². The van der Waals surface area contributed by atoms with Crippen LogP contribution in [0.4, 0.5) is 5.69 Å². The molecule has 0 spiro atoms. The van der Waals surface area contributed by atoms with Gasteiger partial charge in [-0.25, -0.2) is 5.48 Å². The van der Waals surface area contributed by atoms with E-state index < -0.39 is 0 Å². The Morgan fingerprint density at radius 1 is 1.21 bits per heavy atom. The lowest BCUT2D eigenvalue weighted by molar-refractivity contribution is 0.0234. The van der Waals surface area contributed by atoms with Gasteiger partial charge >= 0.3 is 0 Å². The Hall–Kier alpha value is -3.63. The summed E-state index contributed by atoms with van der Waals surface area (Å²) in [5.74, 6) is 0.340. The first kappa shape index (κ1) is 19.1. The number of nitrogens with zero attached hydrogens (tertiary/aromatic N) is 2.